The lowest BCUT2D eigenvalue weighted by Crippen LogP contribution is -2.41. The van der Waals surface area contributed by atoms with Crippen LogP contribution in [-0.4, -0.2) is 36.6 Å². The summed E-state index contributed by atoms with van der Waals surface area (Å²) < 4.78 is 0. The van der Waals surface area contributed by atoms with Gasteiger partial charge in [0.25, 0.3) is 0 Å². The van der Waals surface area contributed by atoms with Crippen molar-refractivity contribution in [2.45, 2.75) is 45.7 Å². The highest BCUT2D eigenvalue weighted by Gasteiger charge is 2.54. The van der Waals surface area contributed by atoms with Crippen molar-refractivity contribution in [3.63, 3.8) is 0 Å². The SMILES string of the molecule is CCN1CC(NC(C)C)C2(CC2)C1.[HH]. The lowest BCUT2D eigenvalue weighted by Gasteiger charge is -2.21. The van der Waals surface area contributed by atoms with Gasteiger partial charge in [-0.25, -0.2) is 0 Å². The molecule has 78 valence electrons. The summed E-state index contributed by atoms with van der Waals surface area (Å²) in [7, 11) is 0. The Labute approximate surface area is 83.2 Å². The third-order valence-electron chi connectivity index (χ3n) is 3.59. The monoisotopic (exact) mass is 184 g/mol. The van der Waals surface area contributed by atoms with Crippen molar-refractivity contribution in [1.82, 2.24) is 10.2 Å². The van der Waals surface area contributed by atoms with E-state index in [9.17, 15) is 0 Å². The molecule has 1 atom stereocenters. The summed E-state index contributed by atoms with van der Waals surface area (Å²) >= 11 is 0. The van der Waals surface area contributed by atoms with Gasteiger partial charge in [-0.05, 0) is 24.8 Å². The third-order valence-corrected chi connectivity index (χ3v) is 3.59. The molecule has 0 aromatic rings. The second-order valence-corrected chi connectivity index (χ2v) is 5.06. The molecule has 13 heavy (non-hydrogen) atoms. The summed E-state index contributed by atoms with van der Waals surface area (Å²) in [6.07, 6.45) is 2.90. The average Bonchev–Trinajstić information content (AvgIpc) is 2.73. The van der Waals surface area contributed by atoms with Crippen LogP contribution >= 0.6 is 0 Å². The molecule has 1 spiro atoms. The number of hydrogen-bond acceptors (Lipinski definition) is 2. The molecule has 0 aromatic carbocycles. The number of likely N-dealkylation sites (N-methyl/N-ethyl adjacent to an activating group) is 1. The van der Waals surface area contributed by atoms with E-state index in [-0.39, 0.29) is 1.43 Å². The summed E-state index contributed by atoms with van der Waals surface area (Å²) in [5.74, 6) is 0. The van der Waals surface area contributed by atoms with E-state index < -0.39 is 0 Å². The van der Waals surface area contributed by atoms with Crippen LogP contribution in [0.3, 0.4) is 0 Å². The van der Waals surface area contributed by atoms with Gasteiger partial charge in [0.15, 0.2) is 0 Å². The summed E-state index contributed by atoms with van der Waals surface area (Å²) in [5, 5.41) is 3.72. The Morgan fingerprint density at radius 2 is 2.23 bits per heavy atom. The topological polar surface area (TPSA) is 15.3 Å². The molecule has 2 fully saturated rings. The summed E-state index contributed by atoms with van der Waals surface area (Å²) in [4.78, 5) is 2.59. The van der Waals surface area contributed by atoms with Crippen LogP contribution in [0.2, 0.25) is 0 Å². The van der Waals surface area contributed by atoms with E-state index in [1.165, 1.54) is 32.5 Å². The molecule has 2 aliphatic rings. The van der Waals surface area contributed by atoms with Crippen molar-refractivity contribution < 1.29 is 1.43 Å². The lowest BCUT2D eigenvalue weighted by atomic mass is 10.0. The third kappa shape index (κ3) is 1.75. The quantitative estimate of drug-likeness (QED) is 0.718. The molecular weight excluding hydrogens is 160 g/mol. The van der Waals surface area contributed by atoms with E-state index in [1.807, 2.05) is 0 Å². The normalized spacial score (nSPS) is 31.8. The van der Waals surface area contributed by atoms with Gasteiger partial charge in [0, 0.05) is 26.6 Å². The fraction of sp³-hybridized carbons (Fsp3) is 1.00. The van der Waals surface area contributed by atoms with Gasteiger partial charge in [0.1, 0.15) is 0 Å². The van der Waals surface area contributed by atoms with Gasteiger partial charge in [-0.15, -0.1) is 0 Å². The van der Waals surface area contributed by atoms with Gasteiger partial charge in [0.2, 0.25) is 0 Å². The Bertz CT molecular complexity index is 190. The van der Waals surface area contributed by atoms with Crippen LogP contribution in [0.1, 0.15) is 35.0 Å². The van der Waals surface area contributed by atoms with E-state index in [2.05, 4.69) is 31.0 Å². The molecule has 0 amide bonds. The Morgan fingerprint density at radius 1 is 1.54 bits per heavy atom. The zero-order chi connectivity index (χ0) is 9.47. The maximum absolute atomic E-state index is 3.72. The number of nitrogens with zero attached hydrogens (tertiary/aromatic N) is 1. The molecular formula is C11H24N2. The Morgan fingerprint density at radius 3 is 2.69 bits per heavy atom. The standard InChI is InChI=1S/C11H22N2.H2/c1-4-13-7-10(12-9(2)3)11(8-13)5-6-11;/h9-10,12H,4-8H2,1-3H3;1H. The maximum atomic E-state index is 3.72. The molecule has 1 unspecified atom stereocenters. The molecule has 2 heteroatoms. The first-order chi connectivity index (χ1) is 6.16. The Hall–Kier alpha value is -0.0800. The van der Waals surface area contributed by atoms with E-state index >= 15 is 0 Å². The van der Waals surface area contributed by atoms with Crippen LogP contribution in [-0.2, 0) is 0 Å². The number of likely N-dealkylation sites (tertiary alicyclic amines) is 1. The van der Waals surface area contributed by atoms with Crippen LogP contribution in [0.15, 0.2) is 0 Å². The van der Waals surface area contributed by atoms with E-state index in [0.717, 1.165) is 6.04 Å². The van der Waals surface area contributed by atoms with Crippen molar-refractivity contribution >= 4 is 0 Å². The minimum absolute atomic E-state index is 0. The van der Waals surface area contributed by atoms with Gasteiger partial charge in [-0.2, -0.15) is 0 Å². The van der Waals surface area contributed by atoms with E-state index in [4.69, 9.17) is 0 Å². The van der Waals surface area contributed by atoms with Gasteiger partial charge in [-0.1, -0.05) is 20.8 Å². The fourth-order valence-electron chi connectivity index (χ4n) is 2.61. The summed E-state index contributed by atoms with van der Waals surface area (Å²) in [6.45, 7) is 10.6. The fourth-order valence-corrected chi connectivity index (χ4v) is 2.61. The highest BCUT2D eigenvalue weighted by atomic mass is 15.2. The van der Waals surface area contributed by atoms with Crippen LogP contribution in [0, 0.1) is 5.41 Å². The average molecular weight is 184 g/mol. The van der Waals surface area contributed by atoms with Crippen LogP contribution in [0.4, 0.5) is 0 Å². The number of hydrogen-bond donors (Lipinski definition) is 1. The largest absolute Gasteiger partial charge is 0.310 e. The minimum atomic E-state index is 0. The molecule has 0 bridgehead atoms. The smallest absolute Gasteiger partial charge is 0.0265 e. The van der Waals surface area contributed by atoms with Crippen LogP contribution in [0.25, 0.3) is 0 Å². The second-order valence-electron chi connectivity index (χ2n) is 5.06. The van der Waals surface area contributed by atoms with Gasteiger partial charge < -0.3 is 10.2 Å². The van der Waals surface area contributed by atoms with Crippen molar-refractivity contribution in [3.8, 4) is 0 Å². The van der Waals surface area contributed by atoms with Crippen molar-refractivity contribution in [3.05, 3.63) is 0 Å². The van der Waals surface area contributed by atoms with Crippen molar-refractivity contribution in [2.75, 3.05) is 19.6 Å². The number of nitrogens with one attached hydrogen (secondary N) is 1. The summed E-state index contributed by atoms with van der Waals surface area (Å²) in [5.41, 5.74) is 0.681. The van der Waals surface area contributed by atoms with Gasteiger partial charge in [0.05, 0.1) is 0 Å². The number of rotatable bonds is 3. The second kappa shape index (κ2) is 3.25. The zero-order valence-electron chi connectivity index (χ0n) is 9.14. The zero-order valence-corrected chi connectivity index (χ0v) is 9.14. The molecule has 2 rings (SSSR count). The molecule has 1 heterocycles. The van der Waals surface area contributed by atoms with Crippen LogP contribution < -0.4 is 5.32 Å². The van der Waals surface area contributed by atoms with Crippen LogP contribution in [0.5, 0.6) is 0 Å². The molecule has 0 aromatic heterocycles. The Balaban J connectivity index is 0.000000980. The van der Waals surface area contributed by atoms with Crippen molar-refractivity contribution in [2.24, 2.45) is 5.41 Å². The molecule has 0 radical (unpaired) electrons. The first-order valence-corrected chi connectivity index (χ1v) is 5.65. The van der Waals surface area contributed by atoms with Gasteiger partial charge in [-0.3, -0.25) is 0 Å². The van der Waals surface area contributed by atoms with E-state index in [1.54, 1.807) is 0 Å². The van der Waals surface area contributed by atoms with Crippen molar-refractivity contribution in [1.29, 1.82) is 0 Å². The molecule has 1 N–H and O–H groups in total. The lowest BCUT2D eigenvalue weighted by molar-refractivity contribution is 0.336. The van der Waals surface area contributed by atoms with E-state index in [0.29, 0.717) is 11.5 Å². The summed E-state index contributed by atoms with van der Waals surface area (Å²) in [6, 6.07) is 1.41. The van der Waals surface area contributed by atoms with Gasteiger partial charge >= 0.3 is 0 Å². The predicted molar refractivity (Wildman–Crippen MR) is 58.0 cm³/mol. The predicted octanol–water partition coefficient (Wildman–Crippen LogP) is 1.71. The first kappa shape index (κ1) is 9.47. The molecule has 2 nitrogen and oxygen atoms in total. The maximum Gasteiger partial charge on any atom is 0.0265 e. The highest BCUT2D eigenvalue weighted by molar-refractivity contribution is 5.09. The molecule has 1 aliphatic heterocycles. The molecule has 1 aliphatic carbocycles. The Kier molecular flexibility index (Phi) is 2.37. The molecule has 1 saturated carbocycles. The first-order valence-electron chi connectivity index (χ1n) is 5.65. The highest BCUT2D eigenvalue weighted by Crippen LogP contribution is 2.52. The molecule has 1 saturated heterocycles. The minimum Gasteiger partial charge on any atom is -0.310 e.